The molecule has 0 fully saturated rings. The van der Waals surface area contributed by atoms with Crippen LogP contribution in [0.4, 0.5) is 0 Å². The third-order valence-electron chi connectivity index (χ3n) is 4.99. The molecule has 0 aliphatic carbocycles. The molecule has 28 heavy (non-hydrogen) atoms. The van der Waals surface area contributed by atoms with E-state index in [-0.39, 0.29) is 5.91 Å². The molecule has 0 aliphatic heterocycles. The summed E-state index contributed by atoms with van der Waals surface area (Å²) in [6.07, 6.45) is 1.62. The van der Waals surface area contributed by atoms with Crippen molar-refractivity contribution in [1.29, 1.82) is 0 Å². The number of aryl methyl sites for hydroxylation is 3. The molecular weight excluding hydrogens is 350 g/mol. The van der Waals surface area contributed by atoms with Gasteiger partial charge in [0, 0.05) is 17.5 Å². The van der Waals surface area contributed by atoms with Gasteiger partial charge in [-0.05, 0) is 55.7 Å². The van der Waals surface area contributed by atoms with Crippen LogP contribution < -0.4 is 0 Å². The fraction of sp³-hybridized carbons (Fsp3) is 0.208. The van der Waals surface area contributed by atoms with Crippen LogP contribution in [0.15, 0.2) is 69.7 Å². The monoisotopic (exact) mass is 373 g/mol. The standard InChI is InChI=1S/C24H23NO3/c1-16-12-17(2)22-21(13-16)18(3)23(28-22)24(26)25(15-20-10-7-11-27-20)14-19-8-5-4-6-9-19/h4-13H,14-15H2,1-3H3. The molecule has 2 aromatic heterocycles. The number of benzene rings is 2. The van der Waals surface area contributed by atoms with E-state index in [4.69, 9.17) is 8.83 Å². The van der Waals surface area contributed by atoms with Gasteiger partial charge in [-0.15, -0.1) is 0 Å². The smallest absolute Gasteiger partial charge is 0.290 e. The molecule has 4 rings (SSSR count). The number of nitrogens with zero attached hydrogens (tertiary/aromatic N) is 1. The van der Waals surface area contributed by atoms with E-state index in [2.05, 4.69) is 19.1 Å². The predicted octanol–water partition coefficient (Wildman–Crippen LogP) is 5.79. The van der Waals surface area contributed by atoms with Gasteiger partial charge >= 0.3 is 0 Å². The SMILES string of the molecule is Cc1cc(C)c2oc(C(=O)N(Cc3ccccc3)Cc3ccco3)c(C)c2c1. The van der Waals surface area contributed by atoms with Gasteiger partial charge in [-0.3, -0.25) is 4.79 Å². The van der Waals surface area contributed by atoms with Crippen molar-refractivity contribution in [3.05, 3.63) is 94.6 Å². The molecular formula is C24H23NO3. The van der Waals surface area contributed by atoms with Crippen LogP contribution >= 0.6 is 0 Å². The van der Waals surface area contributed by atoms with Gasteiger partial charge in [0.2, 0.25) is 0 Å². The number of hydrogen-bond donors (Lipinski definition) is 0. The van der Waals surface area contributed by atoms with Gasteiger partial charge in [0.05, 0.1) is 12.8 Å². The molecule has 0 aliphatic rings. The minimum absolute atomic E-state index is 0.133. The summed E-state index contributed by atoms with van der Waals surface area (Å²) in [4.78, 5) is 15.2. The quantitative estimate of drug-likeness (QED) is 0.444. The van der Waals surface area contributed by atoms with Gasteiger partial charge in [-0.25, -0.2) is 0 Å². The van der Waals surface area contributed by atoms with Crippen LogP contribution in [0.3, 0.4) is 0 Å². The highest BCUT2D eigenvalue weighted by Crippen LogP contribution is 2.30. The average molecular weight is 373 g/mol. The van der Waals surface area contributed by atoms with E-state index in [0.717, 1.165) is 39.0 Å². The third kappa shape index (κ3) is 3.46. The summed E-state index contributed by atoms with van der Waals surface area (Å²) in [6.45, 7) is 6.88. The number of amides is 1. The predicted molar refractivity (Wildman–Crippen MR) is 109 cm³/mol. The van der Waals surface area contributed by atoms with Crippen molar-refractivity contribution < 1.29 is 13.6 Å². The Kier molecular flexibility index (Phi) is 4.78. The van der Waals surface area contributed by atoms with Crippen LogP contribution in [-0.2, 0) is 13.1 Å². The van der Waals surface area contributed by atoms with Crippen LogP contribution in [-0.4, -0.2) is 10.8 Å². The molecule has 0 radical (unpaired) electrons. The molecule has 0 spiro atoms. The van der Waals surface area contributed by atoms with Crippen molar-refractivity contribution in [3.8, 4) is 0 Å². The van der Waals surface area contributed by atoms with E-state index in [0.29, 0.717) is 18.8 Å². The molecule has 2 heterocycles. The van der Waals surface area contributed by atoms with Crippen molar-refractivity contribution in [2.45, 2.75) is 33.9 Å². The molecule has 0 N–H and O–H groups in total. The number of furan rings is 2. The minimum atomic E-state index is -0.133. The number of fused-ring (bicyclic) bond motifs is 1. The molecule has 0 bridgehead atoms. The fourth-order valence-electron chi connectivity index (χ4n) is 3.61. The molecule has 0 saturated heterocycles. The minimum Gasteiger partial charge on any atom is -0.467 e. The summed E-state index contributed by atoms with van der Waals surface area (Å²) >= 11 is 0. The van der Waals surface area contributed by atoms with E-state index in [1.54, 1.807) is 11.2 Å². The Morgan fingerprint density at radius 3 is 2.46 bits per heavy atom. The summed E-state index contributed by atoms with van der Waals surface area (Å²) < 4.78 is 11.5. The largest absolute Gasteiger partial charge is 0.467 e. The average Bonchev–Trinajstić information content (AvgIpc) is 3.30. The lowest BCUT2D eigenvalue weighted by Crippen LogP contribution is -2.30. The van der Waals surface area contributed by atoms with E-state index in [1.807, 2.05) is 56.3 Å². The zero-order chi connectivity index (χ0) is 19.7. The van der Waals surface area contributed by atoms with Crippen molar-refractivity contribution in [2.24, 2.45) is 0 Å². The Morgan fingerprint density at radius 2 is 1.75 bits per heavy atom. The van der Waals surface area contributed by atoms with Gasteiger partial charge in [-0.2, -0.15) is 0 Å². The van der Waals surface area contributed by atoms with E-state index in [9.17, 15) is 4.79 Å². The highest BCUT2D eigenvalue weighted by Gasteiger charge is 2.25. The molecule has 1 amide bonds. The first-order valence-electron chi connectivity index (χ1n) is 9.39. The van der Waals surface area contributed by atoms with Crippen LogP contribution in [0.25, 0.3) is 11.0 Å². The maximum absolute atomic E-state index is 13.5. The van der Waals surface area contributed by atoms with Gasteiger partial charge in [0.1, 0.15) is 11.3 Å². The van der Waals surface area contributed by atoms with Crippen molar-refractivity contribution in [1.82, 2.24) is 4.90 Å². The third-order valence-corrected chi connectivity index (χ3v) is 4.99. The Bertz CT molecular complexity index is 1110. The summed E-state index contributed by atoms with van der Waals surface area (Å²) in [5, 5.41) is 0.999. The van der Waals surface area contributed by atoms with Gasteiger partial charge < -0.3 is 13.7 Å². The maximum Gasteiger partial charge on any atom is 0.290 e. The lowest BCUT2D eigenvalue weighted by molar-refractivity contribution is 0.0686. The van der Waals surface area contributed by atoms with Crippen LogP contribution in [0.2, 0.25) is 0 Å². The first kappa shape index (κ1) is 18.1. The van der Waals surface area contributed by atoms with E-state index < -0.39 is 0 Å². The Morgan fingerprint density at radius 1 is 0.964 bits per heavy atom. The zero-order valence-corrected chi connectivity index (χ0v) is 16.4. The van der Waals surface area contributed by atoms with Gasteiger partial charge in [0.25, 0.3) is 5.91 Å². The van der Waals surface area contributed by atoms with Crippen LogP contribution in [0.5, 0.6) is 0 Å². The molecule has 2 aromatic carbocycles. The number of carbonyl (C=O) groups is 1. The van der Waals surface area contributed by atoms with Crippen molar-refractivity contribution in [3.63, 3.8) is 0 Å². The van der Waals surface area contributed by atoms with Crippen molar-refractivity contribution in [2.75, 3.05) is 0 Å². The van der Waals surface area contributed by atoms with E-state index in [1.165, 1.54) is 0 Å². The lowest BCUT2D eigenvalue weighted by Gasteiger charge is -2.21. The summed E-state index contributed by atoms with van der Waals surface area (Å²) in [6, 6.07) is 17.8. The number of rotatable bonds is 5. The second kappa shape index (κ2) is 7.39. The first-order chi connectivity index (χ1) is 13.5. The van der Waals surface area contributed by atoms with E-state index >= 15 is 0 Å². The maximum atomic E-state index is 13.5. The Balaban J connectivity index is 1.73. The summed E-state index contributed by atoms with van der Waals surface area (Å²) in [5.74, 6) is 1.00. The molecule has 0 unspecified atom stereocenters. The Hall–Kier alpha value is -3.27. The summed E-state index contributed by atoms with van der Waals surface area (Å²) in [7, 11) is 0. The van der Waals surface area contributed by atoms with Gasteiger partial charge in [-0.1, -0.05) is 36.4 Å². The number of carbonyl (C=O) groups excluding carboxylic acids is 1. The second-order valence-corrected chi connectivity index (χ2v) is 7.24. The molecule has 142 valence electrons. The van der Waals surface area contributed by atoms with Crippen molar-refractivity contribution >= 4 is 16.9 Å². The van der Waals surface area contributed by atoms with Crippen LogP contribution in [0, 0.1) is 20.8 Å². The first-order valence-corrected chi connectivity index (χ1v) is 9.39. The highest BCUT2D eigenvalue weighted by atomic mass is 16.3. The second-order valence-electron chi connectivity index (χ2n) is 7.24. The summed E-state index contributed by atoms with van der Waals surface area (Å²) in [5.41, 5.74) is 4.92. The van der Waals surface area contributed by atoms with Crippen LogP contribution in [0.1, 0.15) is 38.6 Å². The highest BCUT2D eigenvalue weighted by molar-refractivity contribution is 5.99. The normalized spacial score (nSPS) is 11.1. The molecule has 0 atom stereocenters. The number of hydrogen-bond acceptors (Lipinski definition) is 3. The molecule has 0 saturated carbocycles. The molecule has 4 aromatic rings. The topological polar surface area (TPSA) is 46.6 Å². The zero-order valence-electron chi connectivity index (χ0n) is 16.4. The lowest BCUT2D eigenvalue weighted by atomic mass is 10.1. The Labute approximate surface area is 164 Å². The molecule has 4 heteroatoms. The fourth-order valence-corrected chi connectivity index (χ4v) is 3.61. The molecule has 4 nitrogen and oxygen atoms in total. The van der Waals surface area contributed by atoms with Gasteiger partial charge in [0.15, 0.2) is 5.76 Å².